The smallest absolute Gasteiger partial charge is 0.410 e. The molecule has 0 N–H and O–H groups in total. The lowest BCUT2D eigenvalue weighted by atomic mass is 10.0. The molecule has 36 heavy (non-hydrogen) atoms. The number of benzene rings is 1. The number of pyridine rings is 1. The Morgan fingerprint density at radius 2 is 1.78 bits per heavy atom. The topological polar surface area (TPSA) is 77.1 Å². The van der Waals surface area contributed by atoms with Crippen LogP contribution in [-0.4, -0.2) is 63.2 Å². The molecule has 0 spiro atoms. The van der Waals surface area contributed by atoms with Crippen LogP contribution in [-0.2, 0) is 16.5 Å². The molecular formula is C27H30N6O3. The minimum atomic E-state index is -0.305. The van der Waals surface area contributed by atoms with E-state index in [9.17, 15) is 4.79 Å². The Bertz CT molecular complexity index is 1370. The Labute approximate surface area is 209 Å². The number of anilines is 1. The number of hydrogen-bond donors (Lipinski definition) is 0. The normalized spacial score (nSPS) is 18.8. The third-order valence-corrected chi connectivity index (χ3v) is 7.17. The summed E-state index contributed by atoms with van der Waals surface area (Å²) in [4.78, 5) is 16.9. The summed E-state index contributed by atoms with van der Waals surface area (Å²) in [5.74, 6) is 0. The van der Waals surface area contributed by atoms with Gasteiger partial charge in [0, 0.05) is 63.2 Å². The lowest BCUT2D eigenvalue weighted by Gasteiger charge is -2.35. The van der Waals surface area contributed by atoms with E-state index >= 15 is 0 Å². The van der Waals surface area contributed by atoms with Gasteiger partial charge in [-0.2, -0.15) is 10.2 Å². The Morgan fingerprint density at radius 1 is 1.00 bits per heavy atom. The fourth-order valence-corrected chi connectivity index (χ4v) is 4.86. The van der Waals surface area contributed by atoms with Gasteiger partial charge >= 0.3 is 6.09 Å². The molecule has 9 nitrogen and oxygen atoms in total. The first-order valence-electron chi connectivity index (χ1n) is 12.4. The Balaban J connectivity index is 1.06. The molecule has 3 aromatic heterocycles. The molecule has 2 aliphatic rings. The van der Waals surface area contributed by atoms with E-state index < -0.39 is 0 Å². The zero-order chi connectivity index (χ0) is 24.6. The molecule has 9 heteroatoms. The quantitative estimate of drug-likeness (QED) is 0.421. The first kappa shape index (κ1) is 22.6. The molecule has 0 radical (unpaired) electrons. The number of hydrogen-bond acceptors (Lipinski definition) is 6. The van der Waals surface area contributed by atoms with Crippen molar-refractivity contribution >= 4 is 17.3 Å². The summed E-state index contributed by atoms with van der Waals surface area (Å²) in [5, 5.41) is 8.83. The van der Waals surface area contributed by atoms with E-state index in [0.717, 1.165) is 54.0 Å². The van der Waals surface area contributed by atoms with Gasteiger partial charge in [0.05, 0.1) is 36.3 Å². The summed E-state index contributed by atoms with van der Waals surface area (Å²) in [6.07, 6.45) is 8.47. The van der Waals surface area contributed by atoms with Crippen LogP contribution in [0.5, 0.6) is 0 Å². The highest BCUT2D eigenvalue weighted by Gasteiger charge is 2.26. The largest absolute Gasteiger partial charge is 0.442 e. The monoisotopic (exact) mass is 486 g/mol. The number of rotatable bonds is 5. The summed E-state index contributed by atoms with van der Waals surface area (Å²) in [6.45, 7) is 5.42. The van der Waals surface area contributed by atoms with E-state index in [1.54, 1.807) is 9.58 Å². The number of carbonyl (C=O) groups excluding carboxylic acids is 1. The molecule has 5 heterocycles. The maximum absolute atomic E-state index is 12.8. The van der Waals surface area contributed by atoms with Crippen molar-refractivity contribution < 1.29 is 14.3 Å². The van der Waals surface area contributed by atoms with Crippen LogP contribution in [0.4, 0.5) is 10.5 Å². The SMILES string of the molecule is CC(OC(=O)N1CCN(c2cnn3cc(-c4cnn(C)c4)ccc23)CC1)c1ccc(C2CCO2)cc1. The van der Waals surface area contributed by atoms with Crippen molar-refractivity contribution in [1.29, 1.82) is 0 Å². The first-order chi connectivity index (χ1) is 17.5. The number of amides is 1. The Kier molecular flexibility index (Phi) is 5.85. The summed E-state index contributed by atoms with van der Waals surface area (Å²) in [6, 6.07) is 12.4. The number of carbonyl (C=O) groups is 1. The second kappa shape index (κ2) is 9.31. The highest BCUT2D eigenvalue weighted by molar-refractivity contribution is 5.76. The number of aromatic nitrogens is 4. The maximum Gasteiger partial charge on any atom is 0.410 e. The zero-order valence-corrected chi connectivity index (χ0v) is 20.6. The first-order valence-corrected chi connectivity index (χ1v) is 12.4. The highest BCUT2D eigenvalue weighted by atomic mass is 16.6. The average Bonchev–Trinajstić information content (AvgIpc) is 3.49. The minimum absolute atomic E-state index is 0.213. The standard InChI is InChI=1S/C27H30N6O3/c1-19(20-3-5-21(6-4-20)26-9-14-35-26)36-27(34)32-12-10-31(11-13-32)25-16-29-33-18-22(7-8-24(25)33)23-15-28-30(2)17-23/h3-8,15-19,26H,9-14H2,1-2H3. The minimum Gasteiger partial charge on any atom is -0.442 e. The van der Waals surface area contributed by atoms with Crippen molar-refractivity contribution in [3.63, 3.8) is 0 Å². The number of ether oxygens (including phenoxy) is 2. The molecule has 2 unspecified atom stereocenters. The van der Waals surface area contributed by atoms with Crippen LogP contribution < -0.4 is 4.90 Å². The van der Waals surface area contributed by atoms with Crippen LogP contribution >= 0.6 is 0 Å². The second-order valence-electron chi connectivity index (χ2n) is 9.49. The molecular weight excluding hydrogens is 456 g/mol. The van der Waals surface area contributed by atoms with Crippen molar-refractivity contribution in [3.8, 4) is 11.1 Å². The molecule has 4 aromatic rings. The predicted octanol–water partition coefficient (Wildman–Crippen LogP) is 4.22. The molecule has 1 aromatic carbocycles. The van der Waals surface area contributed by atoms with Gasteiger partial charge in [0.25, 0.3) is 0 Å². The Morgan fingerprint density at radius 3 is 2.44 bits per heavy atom. The fourth-order valence-electron chi connectivity index (χ4n) is 4.86. The molecule has 6 rings (SSSR count). The molecule has 1 amide bonds. The second-order valence-corrected chi connectivity index (χ2v) is 9.49. The molecule has 2 saturated heterocycles. The van der Waals surface area contributed by atoms with Gasteiger partial charge in [-0.25, -0.2) is 9.31 Å². The number of aryl methyl sites for hydroxylation is 1. The van der Waals surface area contributed by atoms with E-state index in [1.165, 1.54) is 5.56 Å². The summed E-state index contributed by atoms with van der Waals surface area (Å²) in [7, 11) is 1.91. The van der Waals surface area contributed by atoms with Gasteiger partial charge in [-0.05, 0) is 24.1 Å². The van der Waals surface area contributed by atoms with E-state index in [4.69, 9.17) is 9.47 Å². The van der Waals surface area contributed by atoms with Crippen LogP contribution in [0.15, 0.2) is 61.2 Å². The summed E-state index contributed by atoms with van der Waals surface area (Å²) < 4.78 is 15.0. The van der Waals surface area contributed by atoms with Crippen LogP contribution in [0.3, 0.4) is 0 Å². The van der Waals surface area contributed by atoms with E-state index in [0.29, 0.717) is 13.1 Å². The molecule has 186 valence electrons. The van der Waals surface area contributed by atoms with Gasteiger partial charge in [-0.15, -0.1) is 0 Å². The highest BCUT2D eigenvalue weighted by Crippen LogP contribution is 2.31. The van der Waals surface area contributed by atoms with Crippen LogP contribution in [0.1, 0.15) is 36.7 Å². The average molecular weight is 487 g/mol. The van der Waals surface area contributed by atoms with Crippen molar-refractivity contribution in [2.45, 2.75) is 25.6 Å². The maximum atomic E-state index is 12.8. The zero-order valence-electron chi connectivity index (χ0n) is 20.6. The molecule has 0 saturated carbocycles. The number of nitrogens with zero attached hydrogens (tertiary/aromatic N) is 6. The molecule has 2 atom stereocenters. The van der Waals surface area contributed by atoms with E-state index in [-0.39, 0.29) is 18.3 Å². The van der Waals surface area contributed by atoms with Gasteiger partial charge in [-0.1, -0.05) is 30.3 Å². The van der Waals surface area contributed by atoms with Crippen molar-refractivity contribution in [1.82, 2.24) is 24.3 Å². The van der Waals surface area contributed by atoms with Crippen molar-refractivity contribution in [2.24, 2.45) is 7.05 Å². The van der Waals surface area contributed by atoms with Gasteiger partial charge in [0.2, 0.25) is 0 Å². The number of fused-ring (bicyclic) bond motifs is 1. The van der Waals surface area contributed by atoms with Gasteiger partial charge < -0.3 is 19.3 Å². The summed E-state index contributed by atoms with van der Waals surface area (Å²) in [5.41, 5.74) is 6.41. The van der Waals surface area contributed by atoms with Crippen LogP contribution in [0, 0.1) is 0 Å². The Hall–Kier alpha value is -3.85. The van der Waals surface area contributed by atoms with Gasteiger partial charge in [0.15, 0.2) is 0 Å². The summed E-state index contributed by atoms with van der Waals surface area (Å²) >= 11 is 0. The van der Waals surface area contributed by atoms with Gasteiger partial charge in [-0.3, -0.25) is 4.68 Å². The van der Waals surface area contributed by atoms with Crippen molar-refractivity contribution in [3.05, 3.63) is 72.3 Å². The third-order valence-electron chi connectivity index (χ3n) is 7.17. The fraction of sp³-hybridized carbons (Fsp3) is 0.370. The molecule has 2 aliphatic heterocycles. The lowest BCUT2D eigenvalue weighted by molar-refractivity contribution is -0.0527. The van der Waals surface area contributed by atoms with Crippen molar-refractivity contribution in [2.75, 3.05) is 37.7 Å². The van der Waals surface area contributed by atoms with E-state index in [1.807, 2.05) is 55.4 Å². The molecule has 0 aliphatic carbocycles. The predicted molar refractivity (Wildman–Crippen MR) is 136 cm³/mol. The lowest BCUT2D eigenvalue weighted by Crippen LogP contribution is -2.49. The number of piperazine rings is 1. The molecule has 0 bridgehead atoms. The molecule has 2 fully saturated rings. The van der Waals surface area contributed by atoms with E-state index in [2.05, 4.69) is 39.4 Å². The van der Waals surface area contributed by atoms with Crippen LogP contribution in [0.2, 0.25) is 0 Å². The third kappa shape index (κ3) is 4.30. The van der Waals surface area contributed by atoms with Gasteiger partial charge in [0.1, 0.15) is 6.10 Å². The van der Waals surface area contributed by atoms with Crippen LogP contribution in [0.25, 0.3) is 16.6 Å².